The van der Waals surface area contributed by atoms with E-state index in [-0.39, 0.29) is 24.1 Å². The van der Waals surface area contributed by atoms with Crippen LogP contribution in [0.2, 0.25) is 0 Å². The summed E-state index contributed by atoms with van der Waals surface area (Å²) < 4.78 is 342. The van der Waals surface area contributed by atoms with Crippen LogP contribution in [-0.2, 0) is 56.0 Å². The lowest BCUT2D eigenvalue weighted by molar-refractivity contribution is -0.694. The van der Waals surface area contributed by atoms with Gasteiger partial charge in [0.15, 0.2) is 0 Å². The van der Waals surface area contributed by atoms with Crippen molar-refractivity contribution in [3.63, 3.8) is 0 Å². The smallest absolute Gasteiger partial charge is 0.416 e. The van der Waals surface area contributed by atoms with Gasteiger partial charge in [0.25, 0.3) is 0 Å². The van der Waals surface area contributed by atoms with Gasteiger partial charge in [-0.05, 0) is 30.3 Å². The summed E-state index contributed by atoms with van der Waals surface area (Å²) in [5.41, 5.74) is -29.7. The van der Waals surface area contributed by atoms with Crippen LogP contribution in [0.25, 0.3) is 0 Å². The topological polar surface area (TPSA) is 61.4 Å². The molecule has 0 aliphatic heterocycles. The van der Waals surface area contributed by atoms with E-state index < -0.39 is 195 Å². The first-order valence-corrected chi connectivity index (χ1v) is 19.8. The molecule has 0 spiro atoms. The number of carbonyl (C=O) groups is 1. The Labute approximate surface area is 397 Å². The first-order valence-electron chi connectivity index (χ1n) is 19.8. The van der Waals surface area contributed by atoms with Crippen molar-refractivity contribution in [3.05, 3.63) is 171 Å². The number of rotatable bonds is 7. The molecule has 0 amide bonds. The number of pyridine rings is 1. The summed E-state index contributed by atoms with van der Waals surface area (Å²) in [5.74, 6) is -0.462. The predicted octanol–water partition coefficient (Wildman–Crippen LogP) is 12.5. The fourth-order valence-corrected chi connectivity index (χ4v) is 7.61. The summed E-state index contributed by atoms with van der Waals surface area (Å²) >= 11 is 0. The van der Waals surface area contributed by atoms with Crippen LogP contribution < -0.4 is 26.4 Å². The summed E-state index contributed by atoms with van der Waals surface area (Å²) in [6.07, 6.45) is -54.8. The molecule has 1 heterocycles. The van der Waals surface area contributed by atoms with Gasteiger partial charge in [0.05, 0.1) is 56.6 Å². The maximum atomic E-state index is 14.2. The number of nitrogens with zero attached hydrogens (tertiary/aromatic N) is 1. The van der Waals surface area contributed by atoms with E-state index in [2.05, 4.69) is 0 Å². The van der Waals surface area contributed by atoms with Crippen LogP contribution in [0.15, 0.2) is 121 Å². The number of hydrogen-bond donors (Lipinski definition) is 2. The highest BCUT2D eigenvalue weighted by Crippen LogP contribution is 2.41. The van der Waals surface area contributed by atoms with Crippen LogP contribution in [0.5, 0.6) is 11.8 Å². The largest absolute Gasteiger partial charge is 0.460 e. The molecule has 74 heavy (non-hydrogen) atoms. The van der Waals surface area contributed by atoms with E-state index in [1.54, 1.807) is 24.3 Å². The van der Waals surface area contributed by atoms with Gasteiger partial charge in [-0.25, -0.2) is 0 Å². The third-order valence-corrected chi connectivity index (χ3v) is 10.9. The second-order valence-electron chi connectivity index (χ2n) is 15.8. The standard InChI is InChI=1S/C32H12BF24.C13H11NO3/c34-25(35,36)13-1-14(26(37,38)39)6-21(5-13)33(22-7-15(27(40,41)42)2-16(8-22)28(43,44)45,23-9-17(29(46,47)48)3-18(10-23)30(49,50)51)24-11-19(31(52,53)54)4-20(12-24)32(55,56)57;15-11(10-5-2-1-3-6-10)9-14-12(16)7-4-8-13(14)17/h1-12H;1-8H,9H2,(H,16,17)/q-1;/p+1. The molecule has 0 aliphatic carbocycles. The number of ketones is 1. The van der Waals surface area contributed by atoms with Crippen molar-refractivity contribution in [1.82, 2.24) is 0 Å². The molecule has 398 valence electrons. The van der Waals surface area contributed by atoms with Gasteiger partial charge in [-0.15, -0.1) is 4.57 Å². The SMILES string of the molecule is FC(F)(F)c1cc([B-](c2cc(C(F)(F)F)cc(C(F)(F)F)c2)(c2cc(C(F)(F)F)cc(C(F)(F)F)c2)c2cc(C(F)(F)F)cc(C(F)(F)F)c2)cc(C(F)(F)F)c1.O=C(C[n+]1c(O)cccc1O)c1ccccc1. The third-order valence-electron chi connectivity index (χ3n) is 10.9. The Hall–Kier alpha value is -7.10. The van der Waals surface area contributed by atoms with Gasteiger partial charge in [-0.2, -0.15) is 127 Å². The van der Waals surface area contributed by atoms with E-state index in [4.69, 9.17) is 0 Å². The van der Waals surface area contributed by atoms with Crippen LogP contribution >= 0.6 is 0 Å². The van der Waals surface area contributed by atoms with Gasteiger partial charge in [-0.3, -0.25) is 4.79 Å². The fraction of sp³-hybridized carbons (Fsp3) is 0.200. The van der Waals surface area contributed by atoms with Crippen molar-refractivity contribution in [3.8, 4) is 11.8 Å². The maximum Gasteiger partial charge on any atom is 0.416 e. The minimum atomic E-state index is -6.13. The second kappa shape index (κ2) is 19.6. The molecule has 0 radical (unpaired) electrons. The molecule has 0 unspecified atom stereocenters. The number of aromatic hydroxyl groups is 2. The van der Waals surface area contributed by atoms with Crippen molar-refractivity contribution in [2.45, 2.75) is 56.0 Å². The van der Waals surface area contributed by atoms with Crippen LogP contribution in [-0.4, -0.2) is 22.1 Å². The third kappa shape index (κ3) is 13.0. The summed E-state index contributed by atoms with van der Waals surface area (Å²) in [6, 6.07) is 4.27. The highest BCUT2D eigenvalue weighted by atomic mass is 19.4. The van der Waals surface area contributed by atoms with Crippen LogP contribution in [0.4, 0.5) is 105 Å². The van der Waals surface area contributed by atoms with Crippen molar-refractivity contribution < 1.29 is 125 Å². The lowest BCUT2D eigenvalue weighted by atomic mass is 9.12. The molecule has 29 heteroatoms. The van der Waals surface area contributed by atoms with Gasteiger partial charge in [0.2, 0.25) is 12.3 Å². The zero-order valence-corrected chi connectivity index (χ0v) is 35.7. The van der Waals surface area contributed by atoms with E-state index in [1.807, 2.05) is 6.07 Å². The van der Waals surface area contributed by atoms with Crippen molar-refractivity contribution in [2.75, 3.05) is 0 Å². The lowest BCUT2D eigenvalue weighted by Crippen LogP contribution is -2.75. The first kappa shape index (κ1) is 57.8. The Kier molecular flexibility index (Phi) is 15.3. The summed E-state index contributed by atoms with van der Waals surface area (Å²) in [6.45, 7) is -0.0947. The molecule has 1 aromatic heterocycles. The van der Waals surface area contributed by atoms with Gasteiger partial charge < -0.3 is 10.2 Å². The molecule has 0 aliphatic rings. The molecule has 0 saturated carbocycles. The lowest BCUT2D eigenvalue weighted by Gasteiger charge is -2.46. The van der Waals surface area contributed by atoms with Gasteiger partial charge in [0.1, 0.15) is 6.15 Å². The number of carbonyl (C=O) groups excluding carboxylic acids is 1. The monoisotopic (exact) mass is 1090 g/mol. The molecule has 5 aromatic carbocycles. The minimum Gasteiger partial charge on any atom is -0.460 e. The zero-order valence-electron chi connectivity index (χ0n) is 35.7. The van der Waals surface area contributed by atoms with Gasteiger partial charge >= 0.3 is 61.2 Å². The van der Waals surface area contributed by atoms with Gasteiger partial charge in [0, 0.05) is 5.56 Å². The number of aromatic nitrogens is 1. The van der Waals surface area contributed by atoms with E-state index in [0.717, 1.165) is 4.57 Å². The molecule has 6 aromatic rings. The zero-order chi connectivity index (χ0) is 56.2. The maximum absolute atomic E-state index is 14.2. The van der Waals surface area contributed by atoms with Crippen LogP contribution in [0, 0.1) is 0 Å². The molecule has 0 atom stereocenters. The average molecular weight is 1090 g/mol. The quantitative estimate of drug-likeness (QED) is 0.0725. The number of halogens is 24. The molecule has 0 saturated heterocycles. The highest BCUT2D eigenvalue weighted by molar-refractivity contribution is 7.20. The van der Waals surface area contributed by atoms with Crippen LogP contribution in [0.3, 0.4) is 0 Å². The number of hydrogen-bond acceptors (Lipinski definition) is 3. The number of benzene rings is 5. The summed E-state index contributed by atoms with van der Waals surface area (Å²) in [7, 11) is 0. The van der Waals surface area contributed by atoms with Crippen molar-refractivity contribution in [2.24, 2.45) is 0 Å². The predicted molar refractivity (Wildman–Crippen MR) is 211 cm³/mol. The van der Waals surface area contributed by atoms with E-state index in [0.29, 0.717) is 5.56 Å². The summed E-state index contributed by atoms with van der Waals surface area (Å²) in [5, 5.41) is 19.1. The number of Topliss-reactive ketones (excluding diaryl/α,β-unsaturated/α-hetero) is 1. The fourth-order valence-electron chi connectivity index (χ4n) is 7.61. The van der Waals surface area contributed by atoms with Crippen molar-refractivity contribution >= 4 is 33.8 Å². The average Bonchev–Trinajstić information content (AvgIpc) is 3.26. The van der Waals surface area contributed by atoms with E-state index in [1.165, 1.54) is 18.2 Å². The minimum absolute atomic E-state index is 0.0947. The Morgan fingerprint density at radius 3 is 0.757 bits per heavy atom. The molecule has 0 bridgehead atoms. The molecule has 0 fully saturated rings. The number of alkyl halides is 24. The Balaban J connectivity index is 0.000000500. The molecule has 4 nitrogen and oxygen atoms in total. The summed E-state index contributed by atoms with van der Waals surface area (Å²) in [4.78, 5) is 11.9. The Morgan fingerprint density at radius 1 is 0.338 bits per heavy atom. The highest BCUT2D eigenvalue weighted by Gasteiger charge is 2.47. The van der Waals surface area contributed by atoms with E-state index >= 15 is 0 Å². The Bertz CT molecular complexity index is 2560. The first-order chi connectivity index (χ1) is 33.4. The second-order valence-corrected chi connectivity index (χ2v) is 15.8. The molecule has 2 N–H and O–H groups in total. The van der Waals surface area contributed by atoms with E-state index in [9.17, 15) is 120 Å². The molecular formula is C45H24BF24NO3. The van der Waals surface area contributed by atoms with Crippen molar-refractivity contribution in [1.29, 1.82) is 0 Å². The molecule has 6 rings (SSSR count). The van der Waals surface area contributed by atoms with Gasteiger partial charge in [-0.1, -0.05) is 78.9 Å². The Morgan fingerprint density at radius 2 is 0.554 bits per heavy atom. The molecular weight excluding hydrogens is 1070 g/mol. The normalized spacial score (nSPS) is 13.4. The van der Waals surface area contributed by atoms with Crippen LogP contribution in [0.1, 0.15) is 54.9 Å².